The van der Waals surface area contributed by atoms with E-state index in [1.165, 1.54) is 71.0 Å². The standard InChI is InChI=1S/C15H30N2/c1-2-14(16)6-11-17-12-9-15(10-13-17)7-4-3-5-8-15/h14H,2-13,16H2,1H3. The maximum Gasteiger partial charge on any atom is 0.00483 e. The minimum atomic E-state index is 0.417. The SMILES string of the molecule is CCC(N)CCN1CCC2(CCCCC2)CC1. The third-order valence-electron chi connectivity index (χ3n) is 5.17. The summed E-state index contributed by atoms with van der Waals surface area (Å²) in [4.78, 5) is 2.65. The molecule has 17 heavy (non-hydrogen) atoms. The van der Waals surface area contributed by atoms with Crippen molar-refractivity contribution >= 4 is 0 Å². The Balaban J connectivity index is 1.70. The fourth-order valence-corrected chi connectivity index (χ4v) is 3.61. The van der Waals surface area contributed by atoms with Crippen LogP contribution in [0.15, 0.2) is 0 Å². The van der Waals surface area contributed by atoms with Crippen LogP contribution in [0.3, 0.4) is 0 Å². The Morgan fingerprint density at radius 3 is 2.29 bits per heavy atom. The van der Waals surface area contributed by atoms with E-state index in [-0.39, 0.29) is 0 Å². The smallest absolute Gasteiger partial charge is 0.00483 e. The van der Waals surface area contributed by atoms with E-state index in [1.54, 1.807) is 0 Å². The number of hydrogen-bond acceptors (Lipinski definition) is 2. The average molecular weight is 238 g/mol. The van der Waals surface area contributed by atoms with E-state index in [0.717, 1.165) is 11.8 Å². The molecule has 1 aliphatic heterocycles. The van der Waals surface area contributed by atoms with Crippen molar-refractivity contribution < 1.29 is 0 Å². The quantitative estimate of drug-likeness (QED) is 0.815. The molecule has 2 fully saturated rings. The Hall–Kier alpha value is -0.0800. The van der Waals surface area contributed by atoms with Crippen LogP contribution in [0, 0.1) is 5.41 Å². The Morgan fingerprint density at radius 1 is 1.06 bits per heavy atom. The van der Waals surface area contributed by atoms with Gasteiger partial charge in [-0.1, -0.05) is 26.2 Å². The van der Waals surface area contributed by atoms with E-state index < -0.39 is 0 Å². The monoisotopic (exact) mass is 238 g/mol. The fourth-order valence-electron chi connectivity index (χ4n) is 3.61. The van der Waals surface area contributed by atoms with E-state index in [4.69, 9.17) is 5.73 Å². The molecule has 2 heteroatoms. The average Bonchev–Trinajstić information content (AvgIpc) is 2.39. The van der Waals surface area contributed by atoms with Gasteiger partial charge in [0.25, 0.3) is 0 Å². The summed E-state index contributed by atoms with van der Waals surface area (Å²) in [5.41, 5.74) is 6.75. The van der Waals surface area contributed by atoms with Crippen LogP contribution in [-0.4, -0.2) is 30.6 Å². The zero-order chi connectivity index (χ0) is 12.1. The van der Waals surface area contributed by atoms with Gasteiger partial charge in [-0.05, 0) is 63.6 Å². The summed E-state index contributed by atoms with van der Waals surface area (Å²) in [6.07, 6.45) is 12.7. The van der Waals surface area contributed by atoms with Crippen molar-refractivity contribution in [2.24, 2.45) is 11.1 Å². The van der Waals surface area contributed by atoms with Gasteiger partial charge < -0.3 is 10.6 Å². The first-order valence-electron chi connectivity index (χ1n) is 7.72. The predicted octanol–water partition coefficient (Wildman–Crippen LogP) is 3.16. The van der Waals surface area contributed by atoms with Gasteiger partial charge in [0.2, 0.25) is 0 Å². The molecular weight excluding hydrogens is 208 g/mol. The molecule has 0 aromatic heterocycles. The van der Waals surface area contributed by atoms with Crippen LogP contribution in [0.5, 0.6) is 0 Å². The number of nitrogens with zero attached hydrogens (tertiary/aromatic N) is 1. The molecule has 1 spiro atoms. The van der Waals surface area contributed by atoms with E-state index in [1.807, 2.05) is 0 Å². The normalized spacial score (nSPS) is 27.2. The number of piperidine rings is 1. The summed E-state index contributed by atoms with van der Waals surface area (Å²) in [6, 6.07) is 0.417. The third kappa shape index (κ3) is 3.69. The van der Waals surface area contributed by atoms with Gasteiger partial charge in [0.15, 0.2) is 0 Å². The molecule has 1 atom stereocenters. The Kier molecular flexibility index (Phi) is 4.87. The van der Waals surface area contributed by atoms with Crippen molar-refractivity contribution in [2.75, 3.05) is 19.6 Å². The maximum atomic E-state index is 6.00. The number of rotatable bonds is 4. The van der Waals surface area contributed by atoms with Crippen molar-refractivity contribution in [2.45, 2.75) is 70.8 Å². The maximum absolute atomic E-state index is 6.00. The first-order valence-corrected chi connectivity index (χ1v) is 7.72. The van der Waals surface area contributed by atoms with Gasteiger partial charge in [0.05, 0.1) is 0 Å². The van der Waals surface area contributed by atoms with Gasteiger partial charge in [-0.2, -0.15) is 0 Å². The summed E-state index contributed by atoms with van der Waals surface area (Å²) in [5, 5.41) is 0. The largest absolute Gasteiger partial charge is 0.328 e. The summed E-state index contributed by atoms with van der Waals surface area (Å²) in [5.74, 6) is 0. The van der Waals surface area contributed by atoms with Gasteiger partial charge in [0, 0.05) is 6.04 Å². The second-order valence-electron chi connectivity index (χ2n) is 6.36. The number of likely N-dealkylation sites (tertiary alicyclic amines) is 1. The number of nitrogens with two attached hydrogens (primary N) is 1. The van der Waals surface area contributed by atoms with Crippen molar-refractivity contribution in [1.82, 2.24) is 4.90 Å². The highest BCUT2D eigenvalue weighted by atomic mass is 15.1. The van der Waals surface area contributed by atoms with Crippen LogP contribution >= 0.6 is 0 Å². The molecule has 1 saturated heterocycles. The molecule has 1 unspecified atom stereocenters. The molecule has 0 radical (unpaired) electrons. The molecule has 100 valence electrons. The zero-order valence-corrected chi connectivity index (χ0v) is 11.6. The predicted molar refractivity (Wildman–Crippen MR) is 74.1 cm³/mol. The van der Waals surface area contributed by atoms with Crippen molar-refractivity contribution in [1.29, 1.82) is 0 Å². The van der Waals surface area contributed by atoms with Gasteiger partial charge >= 0.3 is 0 Å². The molecule has 2 N–H and O–H groups in total. The van der Waals surface area contributed by atoms with Crippen LogP contribution in [0.1, 0.15) is 64.7 Å². The van der Waals surface area contributed by atoms with Crippen molar-refractivity contribution in [3.63, 3.8) is 0 Å². The second-order valence-corrected chi connectivity index (χ2v) is 6.36. The lowest BCUT2D eigenvalue weighted by atomic mass is 9.68. The summed E-state index contributed by atoms with van der Waals surface area (Å²) in [6.45, 7) is 6.08. The van der Waals surface area contributed by atoms with Gasteiger partial charge in [-0.3, -0.25) is 0 Å². The topological polar surface area (TPSA) is 29.3 Å². The minimum Gasteiger partial charge on any atom is -0.328 e. The lowest BCUT2D eigenvalue weighted by Crippen LogP contribution is -2.42. The van der Waals surface area contributed by atoms with Crippen LogP contribution in [-0.2, 0) is 0 Å². The molecule has 0 aromatic carbocycles. The van der Waals surface area contributed by atoms with Gasteiger partial charge in [-0.25, -0.2) is 0 Å². The Labute approximate surface area is 107 Å². The Bertz CT molecular complexity index is 211. The van der Waals surface area contributed by atoms with E-state index in [9.17, 15) is 0 Å². The molecule has 2 aliphatic rings. The summed E-state index contributed by atoms with van der Waals surface area (Å²) < 4.78 is 0. The van der Waals surface area contributed by atoms with Crippen LogP contribution in [0.25, 0.3) is 0 Å². The van der Waals surface area contributed by atoms with Crippen molar-refractivity contribution in [3.8, 4) is 0 Å². The third-order valence-corrected chi connectivity index (χ3v) is 5.17. The molecule has 1 saturated carbocycles. The second kappa shape index (κ2) is 6.19. The molecular formula is C15H30N2. The zero-order valence-electron chi connectivity index (χ0n) is 11.6. The first kappa shape index (κ1) is 13.4. The van der Waals surface area contributed by atoms with E-state index in [2.05, 4.69) is 11.8 Å². The highest BCUT2D eigenvalue weighted by Crippen LogP contribution is 2.44. The highest BCUT2D eigenvalue weighted by molar-refractivity contribution is 4.88. The lowest BCUT2D eigenvalue weighted by molar-refractivity contribution is 0.0664. The van der Waals surface area contributed by atoms with Crippen LogP contribution in [0.4, 0.5) is 0 Å². The molecule has 1 heterocycles. The molecule has 0 bridgehead atoms. The molecule has 0 aromatic rings. The van der Waals surface area contributed by atoms with Gasteiger partial charge in [0.1, 0.15) is 0 Å². The highest BCUT2D eigenvalue weighted by Gasteiger charge is 2.35. The summed E-state index contributed by atoms with van der Waals surface area (Å²) >= 11 is 0. The molecule has 2 rings (SSSR count). The van der Waals surface area contributed by atoms with Gasteiger partial charge in [-0.15, -0.1) is 0 Å². The minimum absolute atomic E-state index is 0.417. The van der Waals surface area contributed by atoms with Crippen LogP contribution < -0.4 is 5.73 Å². The fraction of sp³-hybridized carbons (Fsp3) is 1.00. The first-order chi connectivity index (χ1) is 8.24. The summed E-state index contributed by atoms with van der Waals surface area (Å²) in [7, 11) is 0. The van der Waals surface area contributed by atoms with Crippen molar-refractivity contribution in [3.05, 3.63) is 0 Å². The number of hydrogen-bond donors (Lipinski definition) is 1. The molecule has 2 nitrogen and oxygen atoms in total. The lowest BCUT2D eigenvalue weighted by Gasteiger charge is -2.44. The van der Waals surface area contributed by atoms with E-state index in [0.29, 0.717) is 6.04 Å². The molecule has 0 amide bonds. The van der Waals surface area contributed by atoms with Crippen LogP contribution in [0.2, 0.25) is 0 Å². The Morgan fingerprint density at radius 2 is 1.71 bits per heavy atom. The van der Waals surface area contributed by atoms with E-state index >= 15 is 0 Å². The molecule has 1 aliphatic carbocycles.